The molecule has 0 saturated carbocycles. The average Bonchev–Trinajstić information content (AvgIpc) is 3.40. The van der Waals surface area contributed by atoms with Crippen molar-refractivity contribution in [3.63, 3.8) is 0 Å². The lowest BCUT2D eigenvalue weighted by molar-refractivity contribution is 0.453. The molecule has 0 aliphatic carbocycles. The van der Waals surface area contributed by atoms with Crippen LogP contribution >= 0.6 is 0 Å². The summed E-state index contributed by atoms with van der Waals surface area (Å²) in [6, 6.07) is 12.6. The smallest absolute Gasteiger partial charge is 0.243 e. The normalized spacial score (nSPS) is 22.8. The molecule has 2 aliphatic heterocycles. The summed E-state index contributed by atoms with van der Waals surface area (Å²) in [6.45, 7) is 4.79. The summed E-state index contributed by atoms with van der Waals surface area (Å²) in [4.78, 5) is 2.62. The van der Waals surface area contributed by atoms with E-state index in [1.54, 1.807) is 33.1 Å². The van der Waals surface area contributed by atoms with E-state index in [9.17, 15) is 8.42 Å². The van der Waals surface area contributed by atoms with E-state index in [4.69, 9.17) is 5.10 Å². The van der Waals surface area contributed by atoms with E-state index in [1.165, 1.54) is 0 Å². The molecule has 2 saturated heterocycles. The lowest BCUT2D eigenvalue weighted by atomic mass is 10.0. The fourth-order valence-electron chi connectivity index (χ4n) is 4.29. The van der Waals surface area contributed by atoms with Crippen molar-refractivity contribution in [2.45, 2.75) is 18.2 Å². The molecule has 5 rings (SSSR count). The Morgan fingerprint density at radius 2 is 1.68 bits per heavy atom. The van der Waals surface area contributed by atoms with Crippen LogP contribution in [0.1, 0.15) is 12.7 Å². The average molecular weight is 398 g/mol. The van der Waals surface area contributed by atoms with E-state index in [1.807, 2.05) is 25.1 Å². The van der Waals surface area contributed by atoms with Crippen molar-refractivity contribution < 1.29 is 8.42 Å². The van der Waals surface area contributed by atoms with E-state index >= 15 is 0 Å². The van der Waals surface area contributed by atoms with Crippen molar-refractivity contribution in [2.75, 3.05) is 31.1 Å². The first kappa shape index (κ1) is 17.6. The third kappa shape index (κ3) is 2.77. The lowest BCUT2D eigenvalue weighted by Crippen LogP contribution is -2.33. The second-order valence-corrected chi connectivity index (χ2v) is 9.43. The van der Waals surface area contributed by atoms with E-state index in [0.29, 0.717) is 29.8 Å². The predicted octanol–water partition coefficient (Wildman–Crippen LogP) is 1.44. The molecule has 2 unspecified atom stereocenters. The van der Waals surface area contributed by atoms with Crippen molar-refractivity contribution >= 4 is 21.5 Å². The molecule has 2 atom stereocenters. The van der Waals surface area contributed by atoms with Crippen LogP contribution < -0.4 is 4.90 Å². The van der Waals surface area contributed by atoms with Gasteiger partial charge in [-0.25, -0.2) is 8.42 Å². The van der Waals surface area contributed by atoms with E-state index in [2.05, 4.69) is 15.1 Å². The molecule has 146 valence electrons. The Balaban J connectivity index is 1.34. The number of sulfonamides is 1. The standard InChI is InChI=1S/C19H22N6O2S/c1-2-17-20-21-18-8-9-19(22-25(17)18)23-10-14-12-24(13-15(14)11-23)28(26,27)16-6-4-3-5-7-16/h3-9,14-15H,2,10-13H2,1H3. The highest BCUT2D eigenvalue weighted by Gasteiger charge is 2.44. The minimum absolute atomic E-state index is 0.322. The van der Waals surface area contributed by atoms with Crippen LogP contribution in [-0.2, 0) is 16.4 Å². The van der Waals surface area contributed by atoms with Gasteiger partial charge in [-0.15, -0.1) is 15.3 Å². The molecular formula is C19H22N6O2S. The monoisotopic (exact) mass is 398 g/mol. The van der Waals surface area contributed by atoms with Crippen molar-refractivity contribution in [3.05, 3.63) is 48.3 Å². The summed E-state index contributed by atoms with van der Waals surface area (Å²) in [5.74, 6) is 2.38. The number of aryl methyl sites for hydroxylation is 1. The van der Waals surface area contributed by atoms with Gasteiger partial charge in [0.25, 0.3) is 0 Å². The van der Waals surface area contributed by atoms with Gasteiger partial charge in [0.2, 0.25) is 10.0 Å². The van der Waals surface area contributed by atoms with Crippen LogP contribution in [0.5, 0.6) is 0 Å². The van der Waals surface area contributed by atoms with Crippen LogP contribution in [0.2, 0.25) is 0 Å². The van der Waals surface area contributed by atoms with Gasteiger partial charge >= 0.3 is 0 Å². The molecule has 0 amide bonds. The largest absolute Gasteiger partial charge is 0.355 e. The van der Waals surface area contributed by atoms with E-state index in [0.717, 1.165) is 36.8 Å². The number of fused-ring (bicyclic) bond motifs is 2. The van der Waals surface area contributed by atoms with Gasteiger partial charge in [0.15, 0.2) is 11.5 Å². The summed E-state index contributed by atoms with van der Waals surface area (Å²) in [6.07, 6.45) is 0.773. The third-order valence-corrected chi connectivity index (χ3v) is 7.63. The molecule has 1 aromatic carbocycles. The Morgan fingerprint density at radius 3 is 2.36 bits per heavy atom. The van der Waals surface area contributed by atoms with Crippen LogP contribution in [-0.4, -0.2) is 58.7 Å². The van der Waals surface area contributed by atoms with Gasteiger partial charge in [-0.3, -0.25) is 0 Å². The number of nitrogens with zero attached hydrogens (tertiary/aromatic N) is 6. The highest BCUT2D eigenvalue weighted by molar-refractivity contribution is 7.89. The molecular weight excluding hydrogens is 376 g/mol. The fourth-order valence-corrected chi connectivity index (χ4v) is 5.86. The number of benzene rings is 1. The highest BCUT2D eigenvalue weighted by atomic mass is 32.2. The first-order chi connectivity index (χ1) is 13.6. The first-order valence-electron chi connectivity index (χ1n) is 9.57. The van der Waals surface area contributed by atoms with Gasteiger partial charge < -0.3 is 4.90 Å². The SMILES string of the molecule is CCc1nnc2ccc(N3CC4CN(S(=O)(=O)c5ccccc5)CC4C3)nn12. The van der Waals surface area contributed by atoms with Gasteiger partial charge in [-0.1, -0.05) is 25.1 Å². The minimum Gasteiger partial charge on any atom is -0.355 e. The van der Waals surface area contributed by atoms with Crippen molar-refractivity contribution in [3.8, 4) is 0 Å². The third-order valence-electron chi connectivity index (χ3n) is 5.79. The summed E-state index contributed by atoms with van der Waals surface area (Å²) < 4.78 is 29.2. The minimum atomic E-state index is -3.41. The maximum absolute atomic E-state index is 12.9. The zero-order valence-corrected chi connectivity index (χ0v) is 16.5. The Hall–Kier alpha value is -2.52. The van der Waals surface area contributed by atoms with Crippen LogP contribution in [0.15, 0.2) is 47.4 Å². The van der Waals surface area contributed by atoms with Crippen LogP contribution in [0.4, 0.5) is 5.82 Å². The maximum Gasteiger partial charge on any atom is 0.243 e. The number of hydrogen-bond acceptors (Lipinski definition) is 6. The molecule has 4 heterocycles. The Bertz CT molecular complexity index is 1100. The molecule has 28 heavy (non-hydrogen) atoms. The van der Waals surface area contributed by atoms with Crippen LogP contribution in [0.25, 0.3) is 5.65 Å². The maximum atomic E-state index is 12.9. The predicted molar refractivity (Wildman–Crippen MR) is 105 cm³/mol. The topological polar surface area (TPSA) is 83.7 Å². The number of rotatable bonds is 4. The quantitative estimate of drug-likeness (QED) is 0.661. The summed E-state index contributed by atoms with van der Waals surface area (Å²) in [5, 5.41) is 13.0. The number of aromatic nitrogens is 4. The van der Waals surface area contributed by atoms with E-state index in [-0.39, 0.29) is 0 Å². The van der Waals surface area contributed by atoms with Crippen LogP contribution in [0.3, 0.4) is 0 Å². The van der Waals surface area contributed by atoms with Crippen LogP contribution in [0, 0.1) is 11.8 Å². The van der Waals surface area contributed by atoms with Gasteiger partial charge in [0, 0.05) is 32.6 Å². The molecule has 3 aromatic rings. The van der Waals surface area contributed by atoms with Gasteiger partial charge in [-0.05, 0) is 36.1 Å². The zero-order chi connectivity index (χ0) is 19.3. The van der Waals surface area contributed by atoms with Crippen molar-refractivity contribution in [1.29, 1.82) is 0 Å². The molecule has 9 heteroatoms. The molecule has 2 fully saturated rings. The highest BCUT2D eigenvalue weighted by Crippen LogP contribution is 2.35. The second-order valence-electron chi connectivity index (χ2n) is 7.49. The molecule has 0 radical (unpaired) electrons. The fraction of sp³-hybridized carbons (Fsp3) is 0.421. The van der Waals surface area contributed by atoms with Gasteiger partial charge in [-0.2, -0.15) is 8.82 Å². The van der Waals surface area contributed by atoms with Gasteiger partial charge in [0.1, 0.15) is 5.82 Å². The number of hydrogen-bond donors (Lipinski definition) is 0. The molecule has 2 aromatic heterocycles. The molecule has 0 bridgehead atoms. The van der Waals surface area contributed by atoms with E-state index < -0.39 is 10.0 Å². The molecule has 0 spiro atoms. The Kier molecular flexibility index (Phi) is 4.09. The number of anilines is 1. The zero-order valence-electron chi connectivity index (χ0n) is 15.6. The molecule has 8 nitrogen and oxygen atoms in total. The lowest BCUT2D eigenvalue weighted by Gasteiger charge is -2.22. The summed E-state index contributed by atoms with van der Waals surface area (Å²) in [7, 11) is -3.41. The van der Waals surface area contributed by atoms with Gasteiger partial charge in [0.05, 0.1) is 4.90 Å². The van der Waals surface area contributed by atoms with Crippen molar-refractivity contribution in [1.82, 2.24) is 24.1 Å². The summed E-state index contributed by atoms with van der Waals surface area (Å²) in [5.41, 5.74) is 0.750. The summed E-state index contributed by atoms with van der Waals surface area (Å²) >= 11 is 0. The Labute approximate surface area is 163 Å². The second kappa shape index (κ2) is 6.52. The van der Waals surface area contributed by atoms with Crippen molar-refractivity contribution in [2.24, 2.45) is 11.8 Å². The molecule has 2 aliphatic rings. The Morgan fingerprint density at radius 1 is 0.964 bits per heavy atom. The molecule has 0 N–H and O–H groups in total. The first-order valence-corrected chi connectivity index (χ1v) is 11.0.